The Hall–Kier alpha value is -0.290. The van der Waals surface area contributed by atoms with Gasteiger partial charge in [-0.2, -0.15) is 11.8 Å². The van der Waals surface area contributed by atoms with Crippen LogP contribution in [0.3, 0.4) is 0 Å². The zero-order valence-electron chi connectivity index (χ0n) is 11.0. The van der Waals surface area contributed by atoms with Gasteiger partial charge in [-0.3, -0.25) is 0 Å². The first kappa shape index (κ1) is 14.1. The van der Waals surface area contributed by atoms with Crippen molar-refractivity contribution in [3.8, 4) is 0 Å². The maximum absolute atomic E-state index is 4.64. The summed E-state index contributed by atoms with van der Waals surface area (Å²) in [5.41, 5.74) is 1.09. The third-order valence-electron chi connectivity index (χ3n) is 3.29. The van der Waals surface area contributed by atoms with Crippen LogP contribution in [0.15, 0.2) is 4.47 Å². The Morgan fingerprint density at radius 1 is 1.33 bits per heavy atom. The molecule has 3 nitrogen and oxygen atoms in total. The molecule has 2 rings (SSSR count). The monoisotopic (exact) mass is 329 g/mol. The fourth-order valence-electron chi connectivity index (χ4n) is 2.26. The van der Waals surface area contributed by atoms with E-state index in [4.69, 9.17) is 0 Å². The lowest BCUT2D eigenvalue weighted by molar-refractivity contribution is 0.886. The molecule has 1 fully saturated rings. The van der Waals surface area contributed by atoms with E-state index in [1.54, 1.807) is 0 Å². The van der Waals surface area contributed by atoms with Crippen molar-refractivity contribution in [3.05, 3.63) is 16.0 Å². The molecule has 0 aliphatic heterocycles. The molecule has 1 N–H and O–H groups in total. The molecule has 1 aromatic heterocycles. The largest absolute Gasteiger partial charge is 0.372 e. The fourth-order valence-corrected chi connectivity index (χ4v) is 4.09. The van der Waals surface area contributed by atoms with Gasteiger partial charge in [0.25, 0.3) is 0 Å². The Morgan fingerprint density at radius 2 is 2.06 bits per heavy atom. The maximum Gasteiger partial charge on any atom is 0.144 e. The van der Waals surface area contributed by atoms with E-state index in [1.165, 1.54) is 25.7 Å². The van der Waals surface area contributed by atoms with Gasteiger partial charge in [0, 0.05) is 12.3 Å². The van der Waals surface area contributed by atoms with Crippen molar-refractivity contribution < 1.29 is 0 Å². The number of hydrogen-bond donors (Lipinski definition) is 1. The molecule has 5 heteroatoms. The topological polar surface area (TPSA) is 37.8 Å². The van der Waals surface area contributed by atoms with Crippen LogP contribution in [0.25, 0.3) is 0 Å². The first-order valence-electron chi connectivity index (χ1n) is 6.59. The van der Waals surface area contributed by atoms with E-state index >= 15 is 0 Å². The van der Waals surface area contributed by atoms with Gasteiger partial charge in [-0.05, 0) is 35.2 Å². The van der Waals surface area contributed by atoms with Crippen LogP contribution in [0.5, 0.6) is 0 Å². The van der Waals surface area contributed by atoms with E-state index < -0.39 is 0 Å². The Bertz CT molecular complexity index is 380. The molecule has 0 aromatic carbocycles. The second-order valence-corrected chi connectivity index (χ2v) is 6.65. The van der Waals surface area contributed by atoms with Crippen molar-refractivity contribution in [2.75, 3.05) is 12.4 Å². The number of hydrogen-bond acceptors (Lipinski definition) is 4. The minimum Gasteiger partial charge on any atom is -0.372 e. The standard InChI is InChI=1S/C13H20BrN3S/c1-3-10-12(14)13(15-2)17-11(16-10)8-18-9-6-4-5-7-9/h9H,3-8H2,1-2H3,(H,15,16,17). The van der Waals surface area contributed by atoms with E-state index in [0.717, 1.165) is 39.2 Å². The van der Waals surface area contributed by atoms with Crippen molar-refractivity contribution in [1.82, 2.24) is 9.97 Å². The number of rotatable bonds is 5. The Kier molecular flexibility index (Phi) is 5.30. The maximum atomic E-state index is 4.64. The van der Waals surface area contributed by atoms with Crippen molar-refractivity contribution in [3.63, 3.8) is 0 Å². The van der Waals surface area contributed by atoms with Crippen LogP contribution >= 0.6 is 27.7 Å². The number of anilines is 1. The highest BCUT2D eigenvalue weighted by Crippen LogP contribution is 2.32. The first-order valence-corrected chi connectivity index (χ1v) is 8.43. The third-order valence-corrected chi connectivity index (χ3v) is 5.49. The molecule has 0 radical (unpaired) electrons. The fraction of sp³-hybridized carbons (Fsp3) is 0.692. The molecular formula is C13H20BrN3S. The minimum atomic E-state index is 0.820. The Morgan fingerprint density at radius 3 is 2.67 bits per heavy atom. The van der Waals surface area contributed by atoms with Gasteiger partial charge < -0.3 is 5.32 Å². The van der Waals surface area contributed by atoms with Gasteiger partial charge in [-0.15, -0.1) is 0 Å². The molecule has 0 spiro atoms. The van der Waals surface area contributed by atoms with Crippen molar-refractivity contribution in [2.24, 2.45) is 0 Å². The van der Waals surface area contributed by atoms with Crippen LogP contribution in [0.1, 0.15) is 44.1 Å². The van der Waals surface area contributed by atoms with Crippen molar-refractivity contribution in [2.45, 2.75) is 50.0 Å². The number of nitrogens with one attached hydrogen (secondary N) is 1. The smallest absolute Gasteiger partial charge is 0.144 e. The van der Waals surface area contributed by atoms with Crippen LogP contribution in [-0.4, -0.2) is 22.3 Å². The van der Waals surface area contributed by atoms with Crippen LogP contribution in [0.2, 0.25) is 0 Å². The van der Waals surface area contributed by atoms with Gasteiger partial charge in [0.1, 0.15) is 11.6 Å². The highest BCUT2D eigenvalue weighted by atomic mass is 79.9. The van der Waals surface area contributed by atoms with Crippen molar-refractivity contribution in [1.29, 1.82) is 0 Å². The number of aromatic nitrogens is 2. The number of nitrogens with zero attached hydrogens (tertiary/aromatic N) is 2. The second kappa shape index (κ2) is 6.75. The highest BCUT2D eigenvalue weighted by Gasteiger charge is 2.17. The van der Waals surface area contributed by atoms with Crippen LogP contribution in [0.4, 0.5) is 5.82 Å². The molecule has 1 aliphatic rings. The summed E-state index contributed by atoms with van der Waals surface area (Å²) in [5, 5.41) is 3.95. The molecule has 1 heterocycles. The predicted molar refractivity (Wildman–Crippen MR) is 82.2 cm³/mol. The van der Waals surface area contributed by atoms with Gasteiger partial charge in [-0.1, -0.05) is 19.8 Å². The molecule has 0 unspecified atom stereocenters. The molecule has 0 atom stereocenters. The molecule has 18 heavy (non-hydrogen) atoms. The lowest BCUT2D eigenvalue weighted by atomic mass is 10.3. The molecule has 1 aliphatic carbocycles. The summed E-state index contributed by atoms with van der Waals surface area (Å²) in [4.78, 5) is 9.21. The molecule has 0 saturated heterocycles. The average Bonchev–Trinajstić information content (AvgIpc) is 2.90. The second-order valence-electron chi connectivity index (χ2n) is 4.57. The first-order chi connectivity index (χ1) is 8.74. The molecule has 0 amide bonds. The summed E-state index contributed by atoms with van der Waals surface area (Å²) >= 11 is 5.57. The Labute approximate surface area is 122 Å². The Balaban J connectivity index is 2.07. The number of thioether (sulfide) groups is 1. The predicted octanol–water partition coefficient (Wildman–Crippen LogP) is 4.02. The van der Waals surface area contributed by atoms with E-state index in [2.05, 4.69) is 38.1 Å². The summed E-state index contributed by atoms with van der Waals surface area (Å²) in [6.45, 7) is 2.13. The summed E-state index contributed by atoms with van der Waals surface area (Å²) in [5.74, 6) is 2.79. The molecule has 1 aromatic rings. The van der Waals surface area contributed by atoms with Gasteiger partial charge in [0.05, 0.1) is 15.9 Å². The summed E-state index contributed by atoms with van der Waals surface area (Å²) in [6.07, 6.45) is 6.43. The number of aryl methyl sites for hydroxylation is 1. The summed E-state index contributed by atoms with van der Waals surface area (Å²) in [6, 6.07) is 0. The molecule has 0 bridgehead atoms. The molecule has 1 saturated carbocycles. The quantitative estimate of drug-likeness (QED) is 0.885. The van der Waals surface area contributed by atoms with Gasteiger partial charge in [-0.25, -0.2) is 9.97 Å². The van der Waals surface area contributed by atoms with E-state index in [1.807, 2.05) is 18.8 Å². The lowest BCUT2D eigenvalue weighted by Crippen LogP contribution is -2.06. The average molecular weight is 330 g/mol. The summed E-state index contributed by atoms with van der Waals surface area (Å²) < 4.78 is 1.00. The van der Waals surface area contributed by atoms with Gasteiger partial charge >= 0.3 is 0 Å². The van der Waals surface area contributed by atoms with E-state index in [0.29, 0.717) is 0 Å². The molecule has 100 valence electrons. The van der Waals surface area contributed by atoms with Crippen molar-refractivity contribution >= 4 is 33.5 Å². The molecular weight excluding hydrogens is 310 g/mol. The third kappa shape index (κ3) is 3.38. The van der Waals surface area contributed by atoms with E-state index in [9.17, 15) is 0 Å². The summed E-state index contributed by atoms with van der Waals surface area (Å²) in [7, 11) is 1.90. The zero-order valence-corrected chi connectivity index (χ0v) is 13.4. The zero-order chi connectivity index (χ0) is 13.0. The minimum absolute atomic E-state index is 0.820. The van der Waals surface area contributed by atoms with Crippen LogP contribution < -0.4 is 5.32 Å². The normalized spacial score (nSPS) is 16.2. The van der Waals surface area contributed by atoms with Gasteiger partial charge in [0.15, 0.2) is 0 Å². The highest BCUT2D eigenvalue weighted by molar-refractivity contribution is 9.10. The lowest BCUT2D eigenvalue weighted by Gasteiger charge is -2.11. The van der Waals surface area contributed by atoms with Crippen LogP contribution in [0, 0.1) is 0 Å². The van der Waals surface area contributed by atoms with Crippen LogP contribution in [-0.2, 0) is 12.2 Å². The van der Waals surface area contributed by atoms with E-state index in [-0.39, 0.29) is 0 Å². The SMILES string of the molecule is CCc1nc(CSC2CCCC2)nc(NC)c1Br. The van der Waals surface area contributed by atoms with Gasteiger partial charge in [0.2, 0.25) is 0 Å². The number of halogens is 1.